The van der Waals surface area contributed by atoms with Crippen molar-refractivity contribution in [3.05, 3.63) is 44.3 Å². The number of aromatic nitrogens is 4. The molecule has 2 heterocycles. The van der Waals surface area contributed by atoms with Gasteiger partial charge < -0.3 is 0 Å². The number of nitrogens with zero attached hydrogens (tertiary/aromatic N) is 6. The monoisotopic (exact) mass is 262 g/mol. The Balaban J connectivity index is 2.53. The standard InChI is InChI=1S/C9H6N6O4/c1-5-4-10-15-11-9-7(12(5)15)2-6(13(16)17)3-8(9)14(18)19/h2-4H,1H3. The maximum absolute atomic E-state index is 11.0. The van der Waals surface area contributed by atoms with Crippen molar-refractivity contribution in [3.8, 4) is 0 Å². The molecular formula is C9H6N6O4. The molecule has 0 unspecified atom stereocenters. The molecule has 2 aromatic heterocycles. The summed E-state index contributed by atoms with van der Waals surface area (Å²) in [5.41, 5.74) is 0.226. The highest BCUT2D eigenvalue weighted by Gasteiger charge is 2.23. The van der Waals surface area contributed by atoms with Gasteiger partial charge in [0, 0.05) is 18.0 Å². The SMILES string of the molecule is Cc1c[n-][n+]2nc3c([N+](=O)[O-])cc([N+](=O)[O-])cc3n12. The second-order valence-corrected chi connectivity index (χ2v) is 3.91. The summed E-state index contributed by atoms with van der Waals surface area (Å²) in [6.45, 7) is 1.72. The molecule has 0 atom stereocenters. The second-order valence-electron chi connectivity index (χ2n) is 3.91. The van der Waals surface area contributed by atoms with Crippen LogP contribution in [0.1, 0.15) is 5.69 Å². The number of nitro groups is 2. The summed E-state index contributed by atoms with van der Waals surface area (Å²) in [6.07, 6.45) is 1.51. The van der Waals surface area contributed by atoms with Crippen LogP contribution in [0, 0.1) is 27.2 Å². The molecule has 19 heavy (non-hydrogen) atoms. The maximum Gasteiger partial charge on any atom is 0.292 e. The summed E-state index contributed by atoms with van der Waals surface area (Å²) in [7, 11) is 0. The first-order valence-corrected chi connectivity index (χ1v) is 5.15. The van der Waals surface area contributed by atoms with E-state index in [1.54, 1.807) is 6.92 Å². The average molecular weight is 262 g/mol. The van der Waals surface area contributed by atoms with E-state index in [0.717, 1.165) is 10.8 Å². The lowest BCUT2D eigenvalue weighted by Crippen LogP contribution is -2.33. The molecule has 3 aromatic rings. The highest BCUT2D eigenvalue weighted by atomic mass is 16.6. The van der Waals surface area contributed by atoms with E-state index in [1.807, 2.05) is 0 Å². The zero-order valence-electron chi connectivity index (χ0n) is 9.55. The number of benzene rings is 1. The van der Waals surface area contributed by atoms with Crippen molar-refractivity contribution in [2.45, 2.75) is 6.92 Å². The third-order valence-corrected chi connectivity index (χ3v) is 2.74. The lowest BCUT2D eigenvalue weighted by molar-refractivity contribution is -0.730. The van der Waals surface area contributed by atoms with E-state index in [0.29, 0.717) is 5.69 Å². The molecule has 0 spiro atoms. The van der Waals surface area contributed by atoms with Gasteiger partial charge in [-0.3, -0.25) is 20.2 Å². The highest BCUT2D eigenvalue weighted by molar-refractivity contribution is 5.86. The predicted molar refractivity (Wildman–Crippen MR) is 59.7 cm³/mol. The highest BCUT2D eigenvalue weighted by Crippen LogP contribution is 2.28. The van der Waals surface area contributed by atoms with Gasteiger partial charge in [-0.1, -0.05) is 10.2 Å². The summed E-state index contributed by atoms with van der Waals surface area (Å²) in [5, 5.41) is 29.7. The average Bonchev–Trinajstić information content (AvgIpc) is 2.88. The Morgan fingerprint density at radius 1 is 1.32 bits per heavy atom. The van der Waals surface area contributed by atoms with Crippen LogP contribution < -0.4 is 9.84 Å². The number of rotatable bonds is 2. The lowest BCUT2D eigenvalue weighted by atomic mass is 10.2. The van der Waals surface area contributed by atoms with Gasteiger partial charge in [0.2, 0.25) is 0 Å². The third kappa shape index (κ3) is 1.43. The molecule has 96 valence electrons. The van der Waals surface area contributed by atoms with Crippen LogP contribution in [0.25, 0.3) is 11.0 Å². The van der Waals surface area contributed by atoms with Crippen LogP contribution in [0.5, 0.6) is 0 Å². The summed E-state index contributed by atoms with van der Waals surface area (Å²) in [6, 6.07) is 2.13. The van der Waals surface area contributed by atoms with Gasteiger partial charge in [-0.25, -0.2) is 0 Å². The van der Waals surface area contributed by atoms with E-state index in [4.69, 9.17) is 0 Å². The summed E-state index contributed by atoms with van der Waals surface area (Å²) < 4.78 is 2.63. The Morgan fingerprint density at radius 2 is 2.05 bits per heavy atom. The number of hydrogen-bond donors (Lipinski definition) is 0. The fourth-order valence-electron chi connectivity index (χ4n) is 1.93. The van der Waals surface area contributed by atoms with Gasteiger partial charge in [0.25, 0.3) is 11.4 Å². The van der Waals surface area contributed by atoms with Crippen molar-refractivity contribution < 1.29 is 14.6 Å². The van der Waals surface area contributed by atoms with E-state index in [9.17, 15) is 20.2 Å². The first kappa shape index (κ1) is 11.1. The van der Waals surface area contributed by atoms with Crippen LogP contribution in [0.3, 0.4) is 0 Å². The Kier molecular flexibility index (Phi) is 2.03. The molecular weight excluding hydrogens is 256 g/mol. The van der Waals surface area contributed by atoms with E-state index in [1.165, 1.54) is 16.8 Å². The number of fused-ring (bicyclic) bond motifs is 3. The van der Waals surface area contributed by atoms with E-state index in [2.05, 4.69) is 10.2 Å². The van der Waals surface area contributed by atoms with Gasteiger partial charge in [0.05, 0.1) is 21.4 Å². The normalized spacial score (nSPS) is 11.2. The molecule has 3 rings (SSSR count). The van der Waals surface area contributed by atoms with Crippen LogP contribution in [0.4, 0.5) is 11.4 Å². The second kappa shape index (κ2) is 3.48. The van der Waals surface area contributed by atoms with E-state index >= 15 is 0 Å². The molecule has 10 heteroatoms. The van der Waals surface area contributed by atoms with Crippen molar-refractivity contribution >= 4 is 22.4 Å². The molecule has 0 aliphatic rings. The van der Waals surface area contributed by atoms with Crippen LogP contribution >= 0.6 is 0 Å². The zero-order chi connectivity index (χ0) is 13.7. The Morgan fingerprint density at radius 3 is 2.68 bits per heavy atom. The predicted octanol–water partition coefficient (Wildman–Crippen LogP) is 0.155. The number of aryl methyl sites for hydroxylation is 1. The molecule has 0 bridgehead atoms. The molecule has 0 aliphatic heterocycles. The van der Waals surface area contributed by atoms with E-state index < -0.39 is 15.5 Å². The zero-order valence-corrected chi connectivity index (χ0v) is 9.55. The Hall–Kier alpha value is -3.04. The summed E-state index contributed by atoms with van der Waals surface area (Å²) in [4.78, 5) is 20.4. The van der Waals surface area contributed by atoms with Crippen LogP contribution in [-0.4, -0.2) is 19.5 Å². The Bertz CT molecular complexity index is 847. The van der Waals surface area contributed by atoms with Crippen molar-refractivity contribution in [1.82, 2.24) is 14.7 Å². The molecule has 1 aromatic carbocycles. The first-order chi connectivity index (χ1) is 8.99. The first-order valence-electron chi connectivity index (χ1n) is 5.15. The minimum absolute atomic E-state index is 0.0619. The van der Waals surface area contributed by atoms with Crippen LogP contribution in [-0.2, 0) is 0 Å². The molecule has 0 N–H and O–H groups in total. The van der Waals surface area contributed by atoms with Crippen LogP contribution in [0.15, 0.2) is 18.3 Å². The quantitative estimate of drug-likeness (QED) is 0.368. The van der Waals surface area contributed by atoms with Gasteiger partial charge in [-0.15, -0.1) is 0 Å². The minimum atomic E-state index is -0.697. The summed E-state index contributed by atoms with van der Waals surface area (Å²) in [5.74, 6) is 0. The smallest absolute Gasteiger partial charge is 0.258 e. The lowest BCUT2D eigenvalue weighted by Gasteiger charge is -1.96. The topological polar surface area (TPSA) is 122 Å². The van der Waals surface area contributed by atoms with Gasteiger partial charge >= 0.3 is 0 Å². The van der Waals surface area contributed by atoms with Crippen molar-refractivity contribution in [2.75, 3.05) is 0 Å². The fraction of sp³-hybridized carbons (Fsp3) is 0.111. The molecule has 0 saturated carbocycles. The molecule has 0 amide bonds. The largest absolute Gasteiger partial charge is 0.292 e. The van der Waals surface area contributed by atoms with Gasteiger partial charge in [-0.2, -0.15) is 4.52 Å². The van der Waals surface area contributed by atoms with E-state index in [-0.39, 0.29) is 16.7 Å². The molecule has 0 saturated heterocycles. The van der Waals surface area contributed by atoms with Crippen LogP contribution in [0.2, 0.25) is 0 Å². The molecule has 10 nitrogen and oxygen atoms in total. The number of non-ortho nitro benzene ring substituents is 2. The van der Waals surface area contributed by atoms with Gasteiger partial charge in [0.1, 0.15) is 0 Å². The van der Waals surface area contributed by atoms with Crippen molar-refractivity contribution in [2.24, 2.45) is 0 Å². The maximum atomic E-state index is 11.0. The van der Waals surface area contributed by atoms with Crippen molar-refractivity contribution in [3.63, 3.8) is 0 Å². The molecule has 0 radical (unpaired) electrons. The number of hydrogen-bond acceptors (Lipinski definition) is 5. The molecule has 0 aliphatic carbocycles. The number of nitro benzene ring substituents is 2. The molecule has 0 fully saturated rings. The van der Waals surface area contributed by atoms with Gasteiger partial charge in [-0.05, 0) is 11.7 Å². The Labute approximate surface area is 104 Å². The third-order valence-electron chi connectivity index (χ3n) is 2.74. The minimum Gasteiger partial charge on any atom is -0.258 e. The van der Waals surface area contributed by atoms with Gasteiger partial charge in [0.15, 0.2) is 5.52 Å². The summed E-state index contributed by atoms with van der Waals surface area (Å²) >= 11 is 0. The van der Waals surface area contributed by atoms with Crippen molar-refractivity contribution in [1.29, 1.82) is 0 Å². The fourth-order valence-corrected chi connectivity index (χ4v) is 1.93.